The molecule has 0 aliphatic rings. The Morgan fingerprint density at radius 3 is 2.59 bits per heavy atom. The molecule has 0 aliphatic heterocycles. The van der Waals surface area contributed by atoms with E-state index in [1.165, 1.54) is 25.5 Å². The molecule has 0 atom stereocenters. The lowest BCUT2D eigenvalue weighted by molar-refractivity contribution is 0.0943. The number of furan rings is 1. The number of amides is 2. The van der Waals surface area contributed by atoms with E-state index in [4.69, 9.17) is 20.8 Å². The van der Waals surface area contributed by atoms with Crippen molar-refractivity contribution in [3.8, 4) is 5.75 Å². The fourth-order valence-electron chi connectivity index (χ4n) is 2.32. The fraction of sp³-hybridized carbons (Fsp3) is 0.105. The van der Waals surface area contributed by atoms with Crippen LogP contribution in [0.1, 0.15) is 26.7 Å². The van der Waals surface area contributed by atoms with Gasteiger partial charge in [-0.3, -0.25) is 9.59 Å². The first-order valence-electron chi connectivity index (χ1n) is 7.99. The highest BCUT2D eigenvalue weighted by molar-refractivity contribution is 6.31. The van der Waals surface area contributed by atoms with Gasteiger partial charge in [-0.1, -0.05) is 17.7 Å². The summed E-state index contributed by atoms with van der Waals surface area (Å²) in [5, 5.41) is 5.81. The molecule has 138 valence electrons. The highest BCUT2D eigenvalue weighted by atomic mass is 35.5. The number of rotatable bonds is 6. The molecule has 0 saturated heterocycles. The minimum Gasteiger partial charge on any atom is -0.495 e. The van der Waals surface area contributed by atoms with Crippen LogP contribution in [0.2, 0.25) is 5.02 Å². The molecule has 2 amide bonds. The molecule has 8 heteroatoms. The van der Waals surface area contributed by atoms with Gasteiger partial charge in [0.1, 0.15) is 22.9 Å². The third-order valence-corrected chi connectivity index (χ3v) is 3.86. The number of halogens is 1. The van der Waals surface area contributed by atoms with Crippen LogP contribution in [0.15, 0.2) is 59.2 Å². The molecule has 3 aromatic rings. The number of hydrogen-bond acceptors (Lipinski definition) is 5. The van der Waals surface area contributed by atoms with Crippen molar-refractivity contribution >= 4 is 29.1 Å². The van der Waals surface area contributed by atoms with Gasteiger partial charge < -0.3 is 19.8 Å². The van der Waals surface area contributed by atoms with Crippen LogP contribution in [-0.4, -0.2) is 23.9 Å². The lowest BCUT2D eigenvalue weighted by Gasteiger charge is -2.10. The van der Waals surface area contributed by atoms with Gasteiger partial charge in [0.25, 0.3) is 11.8 Å². The molecule has 0 saturated carbocycles. The Bertz CT molecular complexity index is 957. The molecular weight excluding hydrogens is 370 g/mol. The maximum atomic E-state index is 12.5. The number of methoxy groups -OCH3 is 1. The third-order valence-electron chi connectivity index (χ3n) is 3.63. The quantitative estimate of drug-likeness (QED) is 0.677. The first-order chi connectivity index (χ1) is 13.1. The van der Waals surface area contributed by atoms with Crippen LogP contribution in [-0.2, 0) is 6.54 Å². The summed E-state index contributed by atoms with van der Waals surface area (Å²) >= 11 is 5.96. The monoisotopic (exact) mass is 385 g/mol. The zero-order chi connectivity index (χ0) is 19.2. The topological polar surface area (TPSA) is 93.5 Å². The number of nitrogens with zero attached hydrogens (tertiary/aromatic N) is 1. The lowest BCUT2D eigenvalue weighted by atomic mass is 10.2. The first-order valence-corrected chi connectivity index (χ1v) is 8.37. The summed E-state index contributed by atoms with van der Waals surface area (Å²) < 4.78 is 10.4. The summed E-state index contributed by atoms with van der Waals surface area (Å²) in [7, 11) is 1.49. The van der Waals surface area contributed by atoms with Crippen LogP contribution in [0.25, 0.3) is 0 Å². The van der Waals surface area contributed by atoms with Crippen molar-refractivity contribution in [1.29, 1.82) is 0 Å². The van der Waals surface area contributed by atoms with Crippen molar-refractivity contribution in [2.45, 2.75) is 6.54 Å². The van der Waals surface area contributed by atoms with Gasteiger partial charge in [-0.15, -0.1) is 0 Å². The lowest BCUT2D eigenvalue weighted by Crippen LogP contribution is -2.25. The highest BCUT2D eigenvalue weighted by Gasteiger charge is 2.15. The standard InChI is InChI=1S/C19H16ClN3O4/c1-26-17-8-7-12(20)10-16(17)23-19(25)15-6-2-5-14(22-15)18(24)21-11-13-4-3-9-27-13/h2-10H,11H2,1H3,(H,21,24)(H,23,25). The summed E-state index contributed by atoms with van der Waals surface area (Å²) in [5.74, 6) is 0.169. The Labute approximate surface area is 160 Å². The Balaban J connectivity index is 1.72. The number of carbonyl (C=O) groups excluding carboxylic acids is 2. The minimum atomic E-state index is -0.490. The number of carbonyl (C=O) groups is 2. The molecule has 0 radical (unpaired) electrons. The highest BCUT2D eigenvalue weighted by Crippen LogP contribution is 2.28. The molecule has 0 unspecified atom stereocenters. The average Bonchev–Trinajstić information content (AvgIpc) is 3.20. The van der Waals surface area contributed by atoms with Crippen LogP contribution < -0.4 is 15.4 Å². The second kappa shape index (κ2) is 8.37. The number of anilines is 1. The van der Waals surface area contributed by atoms with Crippen LogP contribution in [0.4, 0.5) is 5.69 Å². The molecule has 3 rings (SSSR count). The summed E-state index contributed by atoms with van der Waals surface area (Å²) in [6, 6.07) is 13.0. The molecule has 7 nitrogen and oxygen atoms in total. The van der Waals surface area contributed by atoms with Crippen molar-refractivity contribution in [2.24, 2.45) is 0 Å². The Kier molecular flexibility index (Phi) is 5.73. The number of benzene rings is 1. The zero-order valence-electron chi connectivity index (χ0n) is 14.4. The summed E-state index contributed by atoms with van der Waals surface area (Å²) in [4.78, 5) is 28.8. The third kappa shape index (κ3) is 4.65. The van der Waals surface area contributed by atoms with Gasteiger partial charge in [-0.2, -0.15) is 0 Å². The van der Waals surface area contributed by atoms with Gasteiger partial charge >= 0.3 is 0 Å². The Hall–Kier alpha value is -3.32. The largest absolute Gasteiger partial charge is 0.495 e. The van der Waals surface area contributed by atoms with Gasteiger partial charge in [-0.05, 0) is 42.5 Å². The first kappa shape index (κ1) is 18.5. The Morgan fingerprint density at radius 2 is 1.89 bits per heavy atom. The van der Waals surface area contributed by atoms with Crippen molar-refractivity contribution in [2.75, 3.05) is 12.4 Å². The SMILES string of the molecule is COc1ccc(Cl)cc1NC(=O)c1cccc(C(=O)NCc2ccco2)n1. The maximum absolute atomic E-state index is 12.5. The van der Waals surface area contributed by atoms with E-state index in [-0.39, 0.29) is 17.9 Å². The zero-order valence-corrected chi connectivity index (χ0v) is 15.1. The number of nitrogens with one attached hydrogen (secondary N) is 2. The maximum Gasteiger partial charge on any atom is 0.274 e. The van der Waals surface area contributed by atoms with Crippen molar-refractivity contribution in [1.82, 2.24) is 10.3 Å². The van der Waals surface area contributed by atoms with Crippen LogP contribution in [0.5, 0.6) is 5.75 Å². The molecule has 1 aromatic carbocycles. The smallest absolute Gasteiger partial charge is 0.274 e. The second-order valence-corrected chi connectivity index (χ2v) is 5.91. The second-order valence-electron chi connectivity index (χ2n) is 5.47. The van der Waals surface area contributed by atoms with E-state index in [0.717, 1.165) is 0 Å². The van der Waals surface area contributed by atoms with Crippen LogP contribution >= 0.6 is 11.6 Å². The molecule has 2 heterocycles. The van der Waals surface area contributed by atoms with Gasteiger partial charge in [0.05, 0.1) is 25.6 Å². The average molecular weight is 386 g/mol. The number of hydrogen-bond donors (Lipinski definition) is 2. The Morgan fingerprint density at radius 1 is 1.11 bits per heavy atom. The van der Waals surface area contributed by atoms with E-state index in [1.807, 2.05) is 0 Å². The summed E-state index contributed by atoms with van der Waals surface area (Å²) in [6.07, 6.45) is 1.52. The van der Waals surface area contributed by atoms with Gasteiger partial charge in [0.2, 0.25) is 0 Å². The fourth-order valence-corrected chi connectivity index (χ4v) is 2.50. The van der Waals surface area contributed by atoms with Gasteiger partial charge in [0.15, 0.2) is 0 Å². The molecule has 0 spiro atoms. The van der Waals surface area contributed by atoms with Crippen molar-refractivity contribution < 1.29 is 18.7 Å². The molecule has 0 aliphatic carbocycles. The number of pyridine rings is 1. The van der Waals surface area contributed by atoms with E-state index in [9.17, 15) is 9.59 Å². The van der Waals surface area contributed by atoms with Crippen molar-refractivity contribution in [3.05, 3.63) is 77.0 Å². The van der Waals surface area contributed by atoms with E-state index >= 15 is 0 Å². The summed E-state index contributed by atoms with van der Waals surface area (Å²) in [6.45, 7) is 0.226. The summed E-state index contributed by atoms with van der Waals surface area (Å²) in [5.41, 5.74) is 0.611. The number of aromatic nitrogens is 1. The number of ether oxygens (including phenoxy) is 1. The van der Waals surface area contributed by atoms with Gasteiger partial charge in [-0.25, -0.2) is 4.98 Å². The predicted molar refractivity (Wildman–Crippen MR) is 100 cm³/mol. The molecule has 2 aromatic heterocycles. The van der Waals surface area contributed by atoms with E-state index < -0.39 is 11.8 Å². The van der Waals surface area contributed by atoms with Crippen LogP contribution in [0, 0.1) is 0 Å². The van der Waals surface area contributed by atoms with Gasteiger partial charge in [0, 0.05) is 5.02 Å². The van der Waals surface area contributed by atoms with E-state index in [1.54, 1.807) is 36.4 Å². The van der Waals surface area contributed by atoms with Crippen LogP contribution in [0.3, 0.4) is 0 Å². The predicted octanol–water partition coefficient (Wildman–Crippen LogP) is 3.52. The molecule has 2 N–H and O–H groups in total. The minimum absolute atomic E-state index is 0.0858. The molecule has 0 fully saturated rings. The molecule has 0 bridgehead atoms. The van der Waals surface area contributed by atoms with E-state index in [0.29, 0.717) is 22.2 Å². The molecule has 27 heavy (non-hydrogen) atoms. The normalized spacial score (nSPS) is 10.3. The molecular formula is C19H16ClN3O4. The van der Waals surface area contributed by atoms with Crippen molar-refractivity contribution in [3.63, 3.8) is 0 Å². The van der Waals surface area contributed by atoms with E-state index in [2.05, 4.69) is 15.6 Å².